The van der Waals surface area contributed by atoms with Crippen LogP contribution in [0.2, 0.25) is 0 Å². The van der Waals surface area contributed by atoms with Crippen LogP contribution >= 0.6 is 0 Å². The molecular weight excluding hydrogens is 252 g/mol. The van der Waals surface area contributed by atoms with Gasteiger partial charge in [0.25, 0.3) is 5.91 Å². The Morgan fingerprint density at radius 3 is 2.35 bits per heavy atom. The van der Waals surface area contributed by atoms with Gasteiger partial charge in [0.05, 0.1) is 5.69 Å². The summed E-state index contributed by atoms with van der Waals surface area (Å²) in [4.78, 5) is 13.9. The maximum absolute atomic E-state index is 12.3. The Morgan fingerprint density at radius 2 is 1.70 bits per heavy atom. The van der Waals surface area contributed by atoms with E-state index in [4.69, 9.17) is 10.5 Å². The number of carbonyl (C=O) groups excluding carboxylic acids is 1. The lowest BCUT2D eigenvalue weighted by atomic mass is 10.2. The van der Waals surface area contributed by atoms with Crippen molar-refractivity contribution in [3.05, 3.63) is 54.6 Å². The summed E-state index contributed by atoms with van der Waals surface area (Å²) in [6.07, 6.45) is -0.607. The average molecular weight is 270 g/mol. The van der Waals surface area contributed by atoms with E-state index in [1.54, 1.807) is 31.0 Å². The molecule has 104 valence electrons. The van der Waals surface area contributed by atoms with E-state index in [1.165, 1.54) is 0 Å². The predicted molar refractivity (Wildman–Crippen MR) is 80.8 cm³/mol. The van der Waals surface area contributed by atoms with Crippen molar-refractivity contribution >= 4 is 17.3 Å². The van der Waals surface area contributed by atoms with Gasteiger partial charge in [0, 0.05) is 12.7 Å². The molecule has 0 aromatic heterocycles. The van der Waals surface area contributed by atoms with E-state index < -0.39 is 6.10 Å². The lowest BCUT2D eigenvalue weighted by molar-refractivity contribution is -0.124. The van der Waals surface area contributed by atoms with Crippen LogP contribution in [0.1, 0.15) is 6.92 Å². The first kappa shape index (κ1) is 13.9. The van der Waals surface area contributed by atoms with Gasteiger partial charge in [-0.3, -0.25) is 4.79 Å². The van der Waals surface area contributed by atoms with Crippen molar-refractivity contribution in [3.8, 4) is 5.75 Å². The summed E-state index contributed by atoms with van der Waals surface area (Å²) in [6.45, 7) is 1.72. The summed E-state index contributed by atoms with van der Waals surface area (Å²) < 4.78 is 5.63. The third-order valence-corrected chi connectivity index (χ3v) is 3.04. The maximum Gasteiger partial charge on any atom is 0.267 e. The van der Waals surface area contributed by atoms with E-state index in [1.807, 2.05) is 42.5 Å². The van der Waals surface area contributed by atoms with Gasteiger partial charge in [-0.2, -0.15) is 0 Å². The molecule has 2 aromatic carbocycles. The van der Waals surface area contributed by atoms with E-state index >= 15 is 0 Å². The van der Waals surface area contributed by atoms with Crippen LogP contribution < -0.4 is 15.4 Å². The number of rotatable bonds is 4. The first-order valence-corrected chi connectivity index (χ1v) is 6.43. The highest BCUT2D eigenvalue weighted by Gasteiger charge is 2.20. The molecule has 0 saturated heterocycles. The standard InChI is InChI=1S/C16H18N2O2/c1-12(20-15-11-7-6-10-14(15)17)16(19)18(2)13-8-4-3-5-9-13/h3-12H,17H2,1-2H3. The lowest BCUT2D eigenvalue weighted by Gasteiger charge is -2.22. The number of hydrogen-bond donors (Lipinski definition) is 1. The Balaban J connectivity index is 2.08. The van der Waals surface area contributed by atoms with Crippen molar-refractivity contribution < 1.29 is 9.53 Å². The second-order valence-electron chi connectivity index (χ2n) is 4.53. The fraction of sp³-hybridized carbons (Fsp3) is 0.188. The van der Waals surface area contributed by atoms with E-state index in [2.05, 4.69) is 0 Å². The third kappa shape index (κ3) is 3.09. The van der Waals surface area contributed by atoms with Crippen molar-refractivity contribution in [2.75, 3.05) is 17.7 Å². The van der Waals surface area contributed by atoms with Gasteiger partial charge in [-0.25, -0.2) is 0 Å². The molecule has 1 atom stereocenters. The molecule has 0 bridgehead atoms. The van der Waals surface area contributed by atoms with Gasteiger partial charge in [0.1, 0.15) is 5.75 Å². The number of hydrogen-bond acceptors (Lipinski definition) is 3. The normalized spacial score (nSPS) is 11.7. The monoisotopic (exact) mass is 270 g/mol. The summed E-state index contributed by atoms with van der Waals surface area (Å²) in [5, 5.41) is 0. The first-order chi connectivity index (χ1) is 9.59. The summed E-state index contributed by atoms with van der Waals surface area (Å²) in [5.74, 6) is 0.397. The molecule has 1 amide bonds. The van der Waals surface area contributed by atoms with Crippen LogP contribution in [0.4, 0.5) is 11.4 Å². The maximum atomic E-state index is 12.3. The van der Waals surface area contributed by atoms with Gasteiger partial charge < -0.3 is 15.4 Å². The molecule has 2 aromatic rings. The number of ether oxygens (including phenoxy) is 1. The van der Waals surface area contributed by atoms with Gasteiger partial charge in [0.2, 0.25) is 0 Å². The molecule has 2 rings (SSSR count). The minimum atomic E-state index is -0.607. The van der Waals surface area contributed by atoms with Gasteiger partial charge in [0.15, 0.2) is 6.10 Å². The number of nitrogens with zero attached hydrogens (tertiary/aromatic N) is 1. The number of anilines is 2. The number of benzene rings is 2. The largest absolute Gasteiger partial charge is 0.479 e. The van der Waals surface area contributed by atoms with Crippen molar-refractivity contribution in [2.45, 2.75) is 13.0 Å². The quantitative estimate of drug-likeness (QED) is 0.869. The van der Waals surface area contributed by atoms with Gasteiger partial charge >= 0.3 is 0 Å². The zero-order valence-corrected chi connectivity index (χ0v) is 11.6. The van der Waals surface area contributed by atoms with Gasteiger partial charge in [-0.1, -0.05) is 30.3 Å². The molecule has 4 heteroatoms. The summed E-state index contributed by atoms with van der Waals surface area (Å²) in [5.41, 5.74) is 7.16. The minimum absolute atomic E-state index is 0.126. The number of carbonyl (C=O) groups is 1. The number of para-hydroxylation sites is 3. The van der Waals surface area contributed by atoms with Crippen molar-refractivity contribution in [1.82, 2.24) is 0 Å². The summed E-state index contributed by atoms with van der Waals surface area (Å²) in [7, 11) is 1.73. The third-order valence-electron chi connectivity index (χ3n) is 3.04. The fourth-order valence-electron chi connectivity index (χ4n) is 1.88. The molecule has 2 N–H and O–H groups in total. The van der Waals surface area contributed by atoms with Crippen LogP contribution in [0, 0.1) is 0 Å². The zero-order chi connectivity index (χ0) is 14.5. The highest BCUT2D eigenvalue weighted by molar-refractivity contribution is 5.96. The molecule has 0 fully saturated rings. The van der Waals surface area contributed by atoms with Crippen molar-refractivity contribution in [2.24, 2.45) is 0 Å². The number of likely N-dealkylation sites (N-methyl/N-ethyl adjacent to an activating group) is 1. The Bertz CT molecular complexity index is 584. The number of nitrogens with two attached hydrogens (primary N) is 1. The van der Waals surface area contributed by atoms with E-state index in [9.17, 15) is 4.79 Å². The molecule has 0 aliphatic heterocycles. The molecule has 4 nitrogen and oxygen atoms in total. The van der Waals surface area contributed by atoms with E-state index in [-0.39, 0.29) is 5.91 Å². The molecule has 0 spiro atoms. The molecule has 0 heterocycles. The molecule has 0 saturated carbocycles. The molecule has 1 unspecified atom stereocenters. The Morgan fingerprint density at radius 1 is 1.10 bits per heavy atom. The minimum Gasteiger partial charge on any atom is -0.479 e. The van der Waals surface area contributed by atoms with Crippen LogP contribution in [-0.4, -0.2) is 19.1 Å². The highest BCUT2D eigenvalue weighted by atomic mass is 16.5. The molecule has 20 heavy (non-hydrogen) atoms. The first-order valence-electron chi connectivity index (χ1n) is 6.43. The Kier molecular flexibility index (Phi) is 4.25. The second-order valence-corrected chi connectivity index (χ2v) is 4.53. The predicted octanol–water partition coefficient (Wildman–Crippen LogP) is 2.70. The fourth-order valence-corrected chi connectivity index (χ4v) is 1.88. The average Bonchev–Trinajstić information content (AvgIpc) is 2.49. The van der Waals surface area contributed by atoms with E-state index in [0.717, 1.165) is 5.69 Å². The van der Waals surface area contributed by atoms with E-state index in [0.29, 0.717) is 11.4 Å². The van der Waals surface area contributed by atoms with Crippen LogP contribution in [0.15, 0.2) is 54.6 Å². The smallest absolute Gasteiger partial charge is 0.267 e. The van der Waals surface area contributed by atoms with Gasteiger partial charge in [-0.15, -0.1) is 0 Å². The summed E-state index contributed by atoms with van der Waals surface area (Å²) in [6, 6.07) is 16.6. The van der Waals surface area contributed by atoms with Crippen LogP contribution in [0.5, 0.6) is 5.75 Å². The highest BCUT2D eigenvalue weighted by Crippen LogP contribution is 2.22. The molecule has 0 aliphatic rings. The lowest BCUT2D eigenvalue weighted by Crippen LogP contribution is -2.38. The Labute approximate surface area is 118 Å². The second kappa shape index (κ2) is 6.10. The van der Waals surface area contributed by atoms with Gasteiger partial charge in [-0.05, 0) is 31.2 Å². The number of nitrogen functional groups attached to an aromatic ring is 1. The van der Waals surface area contributed by atoms with Crippen LogP contribution in [-0.2, 0) is 4.79 Å². The SMILES string of the molecule is CC(Oc1ccccc1N)C(=O)N(C)c1ccccc1. The van der Waals surface area contributed by atoms with Crippen LogP contribution in [0.3, 0.4) is 0 Å². The summed E-state index contributed by atoms with van der Waals surface area (Å²) >= 11 is 0. The molecule has 0 radical (unpaired) electrons. The Hall–Kier alpha value is -2.49. The number of amides is 1. The molecule has 0 aliphatic carbocycles. The van der Waals surface area contributed by atoms with Crippen molar-refractivity contribution in [1.29, 1.82) is 0 Å². The molecular formula is C16H18N2O2. The van der Waals surface area contributed by atoms with Crippen LogP contribution in [0.25, 0.3) is 0 Å². The zero-order valence-electron chi connectivity index (χ0n) is 11.6. The van der Waals surface area contributed by atoms with Crippen molar-refractivity contribution in [3.63, 3.8) is 0 Å². The topological polar surface area (TPSA) is 55.6 Å².